The van der Waals surface area contributed by atoms with Gasteiger partial charge in [-0.05, 0) is 53.6 Å². The van der Waals surface area contributed by atoms with E-state index in [9.17, 15) is 19.5 Å². The first kappa shape index (κ1) is 24.8. The number of ketones is 1. The largest absolute Gasteiger partial charge is 0.507 e. The molecule has 36 heavy (non-hydrogen) atoms. The molecular weight excluding hydrogens is 486 g/mol. The van der Waals surface area contributed by atoms with Crippen LogP contribution in [0.2, 0.25) is 5.02 Å². The Labute approximate surface area is 211 Å². The summed E-state index contributed by atoms with van der Waals surface area (Å²) in [6.07, 6.45) is -0.184. The number of methoxy groups -OCH3 is 2. The molecule has 1 heterocycles. The number of carbonyl (C=O) groups is 3. The lowest BCUT2D eigenvalue weighted by atomic mass is 9.95. The normalized spacial score (nSPS) is 16.8. The van der Waals surface area contributed by atoms with E-state index in [0.29, 0.717) is 33.3 Å². The van der Waals surface area contributed by atoms with Gasteiger partial charge in [-0.15, -0.1) is 0 Å². The predicted molar refractivity (Wildman–Crippen MR) is 134 cm³/mol. The summed E-state index contributed by atoms with van der Waals surface area (Å²) in [7, 11) is 2.92. The first-order chi connectivity index (χ1) is 17.2. The number of benzene rings is 3. The number of carbonyl (C=O) groups excluding carboxylic acids is 2. The molecule has 0 spiro atoms. The molecule has 3 aromatic carbocycles. The standard InChI is InChI=1S/C27H22ClNO7/c1-35-19-5-3-4-16(13-19)24-23(25(32)17-8-11-20(28)21(14-17)36-2)26(33)27(34)29(24)18-9-6-15(7-10-18)12-22(30)31/h3-11,13-14,24,32H,12H2,1-2H3,(H,30,31)/b25-23-. The van der Waals surface area contributed by atoms with Gasteiger partial charge in [-0.1, -0.05) is 35.9 Å². The van der Waals surface area contributed by atoms with E-state index in [0.717, 1.165) is 0 Å². The highest BCUT2D eigenvalue weighted by Crippen LogP contribution is 2.43. The van der Waals surface area contributed by atoms with E-state index < -0.39 is 23.7 Å². The number of hydrogen-bond acceptors (Lipinski definition) is 6. The minimum absolute atomic E-state index is 0.118. The van der Waals surface area contributed by atoms with Gasteiger partial charge in [0.1, 0.15) is 17.3 Å². The third kappa shape index (κ3) is 4.63. The molecule has 1 atom stereocenters. The van der Waals surface area contributed by atoms with Crippen molar-refractivity contribution >= 4 is 40.7 Å². The second-order valence-corrected chi connectivity index (χ2v) is 8.44. The Morgan fingerprint density at radius 2 is 1.69 bits per heavy atom. The highest BCUT2D eigenvalue weighted by Gasteiger charge is 2.47. The Kier molecular flexibility index (Phi) is 6.98. The molecule has 4 rings (SSSR count). The first-order valence-corrected chi connectivity index (χ1v) is 11.2. The fraction of sp³-hybridized carbons (Fsp3) is 0.148. The van der Waals surface area contributed by atoms with Crippen molar-refractivity contribution < 1.29 is 34.1 Å². The molecule has 1 unspecified atom stereocenters. The summed E-state index contributed by atoms with van der Waals surface area (Å²) in [5, 5.41) is 20.6. The zero-order chi connectivity index (χ0) is 26.0. The van der Waals surface area contributed by atoms with Crippen molar-refractivity contribution in [3.05, 3.63) is 94.0 Å². The SMILES string of the molecule is COc1cccc(C2/C(=C(/O)c3ccc(Cl)c(OC)c3)C(=O)C(=O)N2c2ccc(CC(=O)O)cc2)c1. The van der Waals surface area contributed by atoms with Gasteiger partial charge < -0.3 is 19.7 Å². The molecule has 9 heteroatoms. The number of Topliss-reactive ketones (excluding diaryl/α,β-unsaturated/α-hetero) is 1. The van der Waals surface area contributed by atoms with Crippen LogP contribution in [-0.2, 0) is 20.8 Å². The van der Waals surface area contributed by atoms with Crippen LogP contribution in [0, 0.1) is 0 Å². The van der Waals surface area contributed by atoms with E-state index in [2.05, 4.69) is 0 Å². The second-order valence-electron chi connectivity index (χ2n) is 8.03. The molecule has 0 saturated carbocycles. The van der Waals surface area contributed by atoms with Gasteiger partial charge >= 0.3 is 5.97 Å². The lowest BCUT2D eigenvalue weighted by Crippen LogP contribution is -2.29. The number of hydrogen-bond donors (Lipinski definition) is 2. The number of halogens is 1. The van der Waals surface area contributed by atoms with Crippen LogP contribution in [0.25, 0.3) is 5.76 Å². The first-order valence-electron chi connectivity index (χ1n) is 10.8. The molecule has 0 radical (unpaired) electrons. The molecule has 1 aliphatic rings. The van der Waals surface area contributed by atoms with Crippen molar-refractivity contribution in [2.75, 3.05) is 19.1 Å². The average Bonchev–Trinajstić information content (AvgIpc) is 3.14. The number of aliphatic carboxylic acids is 1. The maximum Gasteiger partial charge on any atom is 0.307 e. The molecule has 1 fully saturated rings. The highest BCUT2D eigenvalue weighted by atomic mass is 35.5. The lowest BCUT2D eigenvalue weighted by molar-refractivity contribution is -0.136. The average molecular weight is 508 g/mol. The van der Waals surface area contributed by atoms with Gasteiger partial charge in [0.2, 0.25) is 0 Å². The Morgan fingerprint density at radius 1 is 0.972 bits per heavy atom. The predicted octanol–water partition coefficient (Wildman–Crippen LogP) is 4.61. The molecule has 1 aliphatic heterocycles. The number of ether oxygens (including phenoxy) is 2. The second kappa shape index (κ2) is 10.1. The van der Waals surface area contributed by atoms with E-state index >= 15 is 0 Å². The van der Waals surface area contributed by atoms with Gasteiger partial charge in [-0.3, -0.25) is 19.3 Å². The zero-order valence-corrected chi connectivity index (χ0v) is 20.2. The number of anilines is 1. The Bertz CT molecular complexity index is 1380. The molecule has 184 valence electrons. The van der Waals surface area contributed by atoms with Crippen LogP contribution in [0.4, 0.5) is 5.69 Å². The van der Waals surface area contributed by atoms with E-state index in [-0.39, 0.29) is 23.3 Å². The minimum atomic E-state index is -0.988. The number of amides is 1. The Hall–Kier alpha value is -4.30. The lowest BCUT2D eigenvalue weighted by Gasteiger charge is -2.26. The molecule has 3 aromatic rings. The summed E-state index contributed by atoms with van der Waals surface area (Å²) in [6, 6.07) is 16.7. The van der Waals surface area contributed by atoms with Crippen molar-refractivity contribution in [3.63, 3.8) is 0 Å². The molecular formula is C27H22ClNO7. The summed E-state index contributed by atoms with van der Waals surface area (Å²) in [6.45, 7) is 0. The Morgan fingerprint density at radius 3 is 2.33 bits per heavy atom. The van der Waals surface area contributed by atoms with Crippen molar-refractivity contribution in [2.45, 2.75) is 12.5 Å². The molecule has 8 nitrogen and oxygen atoms in total. The molecule has 0 aliphatic carbocycles. The number of nitrogens with zero attached hydrogens (tertiary/aromatic N) is 1. The molecule has 2 N–H and O–H groups in total. The van der Waals surface area contributed by atoms with Crippen LogP contribution in [0.5, 0.6) is 11.5 Å². The van der Waals surface area contributed by atoms with Gasteiger partial charge in [0, 0.05) is 11.3 Å². The van der Waals surface area contributed by atoms with E-state index in [4.69, 9.17) is 26.2 Å². The maximum atomic E-state index is 13.3. The fourth-order valence-corrected chi connectivity index (χ4v) is 4.33. The molecule has 1 saturated heterocycles. The topological polar surface area (TPSA) is 113 Å². The molecule has 0 bridgehead atoms. The molecule has 1 amide bonds. The van der Waals surface area contributed by atoms with Crippen molar-refractivity contribution in [2.24, 2.45) is 0 Å². The van der Waals surface area contributed by atoms with Crippen molar-refractivity contribution in [1.82, 2.24) is 0 Å². The van der Waals surface area contributed by atoms with Crippen LogP contribution >= 0.6 is 11.6 Å². The van der Waals surface area contributed by atoms with Gasteiger partial charge in [-0.25, -0.2) is 0 Å². The summed E-state index contributed by atoms with van der Waals surface area (Å²) < 4.78 is 10.6. The van der Waals surface area contributed by atoms with Gasteiger partial charge in [0.05, 0.1) is 37.3 Å². The third-order valence-corrected chi connectivity index (χ3v) is 6.16. The summed E-state index contributed by atoms with van der Waals surface area (Å²) in [5.41, 5.74) is 1.57. The van der Waals surface area contributed by atoms with E-state index in [1.54, 1.807) is 48.5 Å². The smallest absolute Gasteiger partial charge is 0.307 e. The van der Waals surface area contributed by atoms with E-state index in [1.165, 1.54) is 37.3 Å². The van der Waals surface area contributed by atoms with Crippen LogP contribution in [0.1, 0.15) is 22.7 Å². The van der Waals surface area contributed by atoms with Crippen LogP contribution < -0.4 is 14.4 Å². The monoisotopic (exact) mass is 507 g/mol. The quantitative estimate of drug-likeness (QED) is 0.273. The summed E-state index contributed by atoms with van der Waals surface area (Å²) in [4.78, 5) is 38.9. The van der Waals surface area contributed by atoms with Gasteiger partial charge in [-0.2, -0.15) is 0 Å². The summed E-state index contributed by atoms with van der Waals surface area (Å²) >= 11 is 6.12. The van der Waals surface area contributed by atoms with Crippen LogP contribution in [0.15, 0.2) is 72.3 Å². The minimum Gasteiger partial charge on any atom is -0.507 e. The van der Waals surface area contributed by atoms with E-state index in [1.807, 2.05) is 0 Å². The number of rotatable bonds is 7. The fourth-order valence-electron chi connectivity index (χ4n) is 4.14. The maximum absolute atomic E-state index is 13.3. The van der Waals surface area contributed by atoms with Crippen LogP contribution in [0.3, 0.4) is 0 Å². The van der Waals surface area contributed by atoms with Crippen molar-refractivity contribution in [3.8, 4) is 11.5 Å². The van der Waals surface area contributed by atoms with Gasteiger partial charge in [0.25, 0.3) is 11.7 Å². The highest BCUT2D eigenvalue weighted by molar-refractivity contribution is 6.51. The molecule has 0 aromatic heterocycles. The number of carboxylic acid groups (broad SMARTS) is 1. The Balaban J connectivity index is 1.90. The number of carboxylic acids is 1. The van der Waals surface area contributed by atoms with Gasteiger partial charge in [0.15, 0.2) is 0 Å². The third-order valence-electron chi connectivity index (χ3n) is 5.85. The number of aliphatic hydroxyl groups is 1. The number of aliphatic hydroxyl groups excluding tert-OH is 1. The van der Waals surface area contributed by atoms with Crippen molar-refractivity contribution in [1.29, 1.82) is 0 Å². The zero-order valence-electron chi connectivity index (χ0n) is 19.4. The summed E-state index contributed by atoms with van der Waals surface area (Å²) in [5.74, 6) is -2.29. The van der Waals surface area contributed by atoms with Crippen LogP contribution in [-0.4, -0.2) is 42.1 Å².